The molecule has 0 saturated heterocycles. The summed E-state index contributed by atoms with van der Waals surface area (Å²) < 4.78 is 27.5. The number of aromatic nitrogens is 1. The van der Waals surface area contributed by atoms with Gasteiger partial charge < -0.3 is 11.1 Å². The molecule has 3 atom stereocenters. The van der Waals surface area contributed by atoms with E-state index in [0.29, 0.717) is 21.9 Å². The Morgan fingerprint density at radius 1 is 1.37 bits per heavy atom. The van der Waals surface area contributed by atoms with E-state index in [0.717, 1.165) is 18.2 Å². The molecule has 1 fully saturated rings. The molecule has 9 heteroatoms. The quantitative estimate of drug-likeness (QED) is 0.747. The Bertz CT molecular complexity index is 857. The van der Waals surface area contributed by atoms with E-state index >= 15 is 0 Å². The van der Waals surface area contributed by atoms with Crippen LogP contribution >= 0.6 is 23.4 Å². The summed E-state index contributed by atoms with van der Waals surface area (Å²) in [6.07, 6.45) is 2.95. The lowest BCUT2D eigenvalue weighted by molar-refractivity contribution is -0.105. The first-order chi connectivity index (χ1) is 12.9. The molecule has 3 N–H and O–H groups in total. The van der Waals surface area contributed by atoms with Gasteiger partial charge in [0.25, 0.3) is 0 Å². The van der Waals surface area contributed by atoms with Gasteiger partial charge in [0.2, 0.25) is 6.41 Å². The first kappa shape index (κ1) is 19.6. The number of anilines is 1. The number of amides is 1. The highest BCUT2D eigenvalue weighted by Gasteiger charge is 2.48. The number of benzene rings is 1. The summed E-state index contributed by atoms with van der Waals surface area (Å²) in [4.78, 5) is 18.6. The molecule has 0 spiro atoms. The molecule has 5 nitrogen and oxygen atoms in total. The van der Waals surface area contributed by atoms with Gasteiger partial charge >= 0.3 is 0 Å². The number of carbonyl (C=O) groups is 1. The number of carbonyl (C=O) groups excluding carboxylic acids is 1. The highest BCUT2D eigenvalue weighted by atomic mass is 35.5. The molecule has 1 aliphatic carbocycles. The molecule has 142 valence electrons. The van der Waals surface area contributed by atoms with Crippen LogP contribution in [0.2, 0.25) is 5.02 Å². The molecule has 4 rings (SSSR count). The zero-order chi connectivity index (χ0) is 19.6. The number of aryl methyl sites for hydroxylation is 1. The lowest BCUT2D eigenvalue weighted by Crippen LogP contribution is -2.18. The number of thioether (sulfide) groups is 1. The summed E-state index contributed by atoms with van der Waals surface area (Å²) in [6, 6.07) is 5.60. The number of nitrogens with zero attached hydrogens (tertiary/aromatic N) is 2. The minimum absolute atomic E-state index is 0.153. The fraction of sp³-hybridized carbons (Fsp3) is 0.278. The van der Waals surface area contributed by atoms with E-state index in [1.54, 1.807) is 6.20 Å². The maximum Gasteiger partial charge on any atom is 0.211 e. The van der Waals surface area contributed by atoms with Crippen molar-refractivity contribution in [3.63, 3.8) is 0 Å². The van der Waals surface area contributed by atoms with Crippen molar-refractivity contribution >= 4 is 40.6 Å². The summed E-state index contributed by atoms with van der Waals surface area (Å²) in [7, 11) is 0. The van der Waals surface area contributed by atoms with E-state index in [-0.39, 0.29) is 17.2 Å². The Kier molecular flexibility index (Phi) is 5.96. The van der Waals surface area contributed by atoms with Crippen molar-refractivity contribution in [2.75, 3.05) is 5.32 Å². The topological polar surface area (TPSA) is 80.4 Å². The van der Waals surface area contributed by atoms with Gasteiger partial charge in [0.05, 0.1) is 11.1 Å². The van der Waals surface area contributed by atoms with Gasteiger partial charge in [-0.15, -0.1) is 0 Å². The second-order valence-electron chi connectivity index (χ2n) is 6.21. The Balaban J connectivity index is 0.000000221. The van der Waals surface area contributed by atoms with E-state index in [2.05, 4.69) is 15.3 Å². The van der Waals surface area contributed by atoms with Crippen LogP contribution in [0.25, 0.3) is 0 Å². The van der Waals surface area contributed by atoms with Crippen molar-refractivity contribution in [3.8, 4) is 0 Å². The average molecular weight is 411 g/mol. The number of amidine groups is 1. The molecule has 0 bridgehead atoms. The zero-order valence-electron chi connectivity index (χ0n) is 14.3. The van der Waals surface area contributed by atoms with E-state index in [1.807, 2.05) is 19.1 Å². The van der Waals surface area contributed by atoms with Crippen LogP contribution < -0.4 is 11.1 Å². The van der Waals surface area contributed by atoms with Crippen LogP contribution in [-0.4, -0.2) is 21.8 Å². The third-order valence-corrected chi connectivity index (χ3v) is 5.61. The van der Waals surface area contributed by atoms with Gasteiger partial charge in [0.15, 0.2) is 16.8 Å². The lowest BCUT2D eigenvalue weighted by atomic mass is 10.0. The number of pyridine rings is 1. The molecular weight excluding hydrogens is 394 g/mol. The number of rotatable bonds is 3. The molecule has 1 aliphatic heterocycles. The normalized spacial score (nSPS) is 22.7. The van der Waals surface area contributed by atoms with E-state index in [4.69, 9.17) is 17.3 Å². The molecule has 1 amide bonds. The Morgan fingerprint density at radius 3 is 2.78 bits per heavy atom. The number of aliphatic imine (C=N–C) groups is 1. The standard InChI is InChI=1S/C12H11F2N3OS.C6H6ClN/c13-8-2-5(16-4-18)1-7(10(8)14)11-6-3-9(6)19-12(15)17-11;1-5-2-3-6(7)4-8-5/h1-2,4,6,9,11H,3H2,(H2,15,17)(H,16,18);2-4H,1H3. The van der Waals surface area contributed by atoms with Crippen LogP contribution in [0.15, 0.2) is 35.5 Å². The van der Waals surface area contributed by atoms with Crippen molar-refractivity contribution < 1.29 is 13.6 Å². The number of nitrogens with two attached hydrogens (primary N) is 1. The predicted molar refractivity (Wildman–Crippen MR) is 104 cm³/mol. The summed E-state index contributed by atoms with van der Waals surface area (Å²) >= 11 is 7.03. The Hall–Kier alpha value is -2.19. The summed E-state index contributed by atoms with van der Waals surface area (Å²) in [5, 5.41) is 3.75. The van der Waals surface area contributed by atoms with Crippen molar-refractivity contribution in [2.24, 2.45) is 16.6 Å². The molecular formula is C18H17ClF2N4OS. The van der Waals surface area contributed by atoms with Crippen molar-refractivity contribution in [2.45, 2.75) is 24.6 Å². The van der Waals surface area contributed by atoms with Crippen LogP contribution in [0.1, 0.15) is 23.7 Å². The second kappa shape index (κ2) is 8.22. The largest absolute Gasteiger partial charge is 0.379 e. The number of nitrogens with one attached hydrogen (secondary N) is 1. The third-order valence-electron chi connectivity index (χ3n) is 4.20. The smallest absolute Gasteiger partial charge is 0.211 e. The SMILES string of the molecule is Cc1ccc(Cl)cn1.NC1=NC(c2cc(NC=O)cc(F)c2F)C2CC2S1. The molecule has 1 aromatic heterocycles. The zero-order valence-corrected chi connectivity index (χ0v) is 15.9. The molecule has 2 heterocycles. The highest BCUT2D eigenvalue weighted by molar-refractivity contribution is 8.14. The monoisotopic (exact) mass is 410 g/mol. The minimum atomic E-state index is -0.994. The summed E-state index contributed by atoms with van der Waals surface area (Å²) in [5.74, 6) is -1.72. The van der Waals surface area contributed by atoms with E-state index < -0.39 is 17.7 Å². The highest BCUT2D eigenvalue weighted by Crippen LogP contribution is 2.54. The van der Waals surface area contributed by atoms with Crippen LogP contribution in [0.5, 0.6) is 0 Å². The van der Waals surface area contributed by atoms with Crippen molar-refractivity contribution in [1.82, 2.24) is 4.98 Å². The first-order valence-electron chi connectivity index (χ1n) is 8.16. The third kappa shape index (κ3) is 4.75. The number of halogens is 3. The number of hydrogen-bond donors (Lipinski definition) is 2. The van der Waals surface area contributed by atoms with Crippen molar-refractivity contribution in [3.05, 3.63) is 58.4 Å². The minimum Gasteiger partial charge on any atom is -0.379 e. The van der Waals surface area contributed by atoms with Gasteiger partial charge in [-0.1, -0.05) is 23.4 Å². The number of hydrogen-bond acceptors (Lipinski definition) is 5. The first-order valence-corrected chi connectivity index (χ1v) is 9.42. The van der Waals surface area contributed by atoms with E-state index in [1.165, 1.54) is 17.8 Å². The fourth-order valence-electron chi connectivity index (χ4n) is 2.80. The number of fused-ring (bicyclic) bond motifs is 1. The maximum atomic E-state index is 13.9. The van der Waals surface area contributed by atoms with Gasteiger partial charge in [-0.3, -0.25) is 14.8 Å². The van der Waals surface area contributed by atoms with Gasteiger partial charge in [-0.2, -0.15) is 0 Å². The Morgan fingerprint density at radius 2 is 2.15 bits per heavy atom. The van der Waals surface area contributed by atoms with E-state index in [9.17, 15) is 13.6 Å². The summed E-state index contributed by atoms with van der Waals surface area (Å²) in [5.41, 5.74) is 7.05. The molecule has 3 unspecified atom stereocenters. The van der Waals surface area contributed by atoms with Gasteiger partial charge in [-0.25, -0.2) is 8.78 Å². The van der Waals surface area contributed by atoms with Crippen LogP contribution in [0, 0.1) is 24.5 Å². The second-order valence-corrected chi connectivity index (χ2v) is 7.91. The van der Waals surface area contributed by atoms with Crippen LogP contribution in [0.4, 0.5) is 14.5 Å². The van der Waals surface area contributed by atoms with Crippen molar-refractivity contribution in [1.29, 1.82) is 0 Å². The van der Waals surface area contributed by atoms with Gasteiger partial charge in [0, 0.05) is 34.5 Å². The molecule has 0 radical (unpaired) electrons. The fourth-order valence-corrected chi connectivity index (χ4v) is 4.04. The van der Waals surface area contributed by atoms with Gasteiger partial charge in [-0.05, 0) is 37.5 Å². The summed E-state index contributed by atoms with van der Waals surface area (Å²) in [6.45, 7) is 1.93. The Labute approximate surface area is 164 Å². The molecule has 1 aromatic carbocycles. The lowest BCUT2D eigenvalue weighted by Gasteiger charge is -2.19. The van der Waals surface area contributed by atoms with Crippen LogP contribution in [-0.2, 0) is 4.79 Å². The average Bonchev–Trinajstić information content (AvgIpc) is 3.40. The predicted octanol–water partition coefficient (Wildman–Crippen LogP) is 4.07. The van der Waals surface area contributed by atoms with Gasteiger partial charge in [0.1, 0.15) is 0 Å². The molecule has 2 aromatic rings. The molecule has 27 heavy (non-hydrogen) atoms. The molecule has 2 aliphatic rings. The molecule has 1 saturated carbocycles. The maximum absolute atomic E-state index is 13.9. The van der Waals surface area contributed by atoms with Crippen LogP contribution in [0.3, 0.4) is 0 Å².